The van der Waals surface area contributed by atoms with E-state index in [-0.39, 0.29) is 52.1 Å². The average Bonchev–Trinajstić information content (AvgIpc) is 3.64. The summed E-state index contributed by atoms with van der Waals surface area (Å²) in [5.41, 5.74) is 11.1. The molecule has 11 N–H and O–H groups in total. The van der Waals surface area contributed by atoms with Gasteiger partial charge in [-0.05, 0) is 6.07 Å². The second-order valence-electron chi connectivity index (χ2n) is 10.3. The average molecular weight is 767 g/mol. The number of aromatic nitrogens is 5. The second-order valence-corrected chi connectivity index (χ2v) is 14.5. The Balaban J connectivity index is 0.00000541. The van der Waals surface area contributed by atoms with Crippen LogP contribution in [0.1, 0.15) is 22.8 Å². The molecule has 0 saturated carbocycles. The summed E-state index contributed by atoms with van der Waals surface area (Å²) in [7, 11) is -16.3. The number of phosphoric ester groups is 3. The van der Waals surface area contributed by atoms with Crippen molar-refractivity contribution < 1.29 is 85.3 Å². The summed E-state index contributed by atoms with van der Waals surface area (Å²) in [5, 5.41) is 31.5. The molecule has 49 heavy (non-hydrogen) atoms. The maximum atomic E-state index is 12.6. The molecule has 265 valence electrons. The van der Waals surface area contributed by atoms with Crippen molar-refractivity contribution in [3.8, 4) is 0 Å². The van der Waals surface area contributed by atoms with Crippen molar-refractivity contribution in [1.29, 1.82) is 0 Å². The van der Waals surface area contributed by atoms with E-state index in [2.05, 4.69) is 23.8 Å². The number of primary amides is 1. The number of nitrogen functional groups attached to an aromatic ring is 1. The van der Waals surface area contributed by atoms with Gasteiger partial charge in [0.1, 0.15) is 47.9 Å². The third-order valence-corrected chi connectivity index (χ3v) is 10.1. The number of phosphoric acid groups is 3. The fourth-order valence-electron chi connectivity index (χ4n) is 4.83. The first-order valence-corrected chi connectivity index (χ1v) is 17.9. The van der Waals surface area contributed by atoms with Crippen LogP contribution in [0.2, 0.25) is 0 Å². The molecule has 24 nitrogen and oxygen atoms in total. The number of anilines is 1. The molecule has 28 heteroatoms. The molecule has 10 atom stereocenters. The van der Waals surface area contributed by atoms with Crippen LogP contribution in [0.25, 0.3) is 11.2 Å². The first kappa shape index (κ1) is 39.9. The molecule has 1 amide bonds. The van der Waals surface area contributed by atoms with Crippen molar-refractivity contribution in [3.05, 3.63) is 42.7 Å². The molecular formula is C21H29N7NaO17P3+. The van der Waals surface area contributed by atoms with Crippen LogP contribution in [0.3, 0.4) is 0 Å². The van der Waals surface area contributed by atoms with Crippen molar-refractivity contribution in [2.45, 2.75) is 49.1 Å². The fourth-order valence-corrected chi connectivity index (χ4v) is 7.47. The van der Waals surface area contributed by atoms with Gasteiger partial charge in [-0.1, -0.05) is 0 Å². The van der Waals surface area contributed by atoms with Crippen molar-refractivity contribution >= 4 is 75.9 Å². The first-order valence-electron chi connectivity index (χ1n) is 13.3. The number of amides is 1. The normalized spacial score (nSPS) is 29.7. The number of aliphatic hydroxyl groups is 3. The number of carbonyl (C=O) groups excluding carboxylic acids is 1. The van der Waals surface area contributed by atoms with Gasteiger partial charge in [0.2, 0.25) is 0 Å². The minimum atomic E-state index is -5.52. The first-order chi connectivity index (χ1) is 22.4. The van der Waals surface area contributed by atoms with Gasteiger partial charge in [-0.2, -0.15) is 8.88 Å². The van der Waals surface area contributed by atoms with Gasteiger partial charge >= 0.3 is 23.5 Å². The van der Waals surface area contributed by atoms with E-state index in [4.69, 9.17) is 30.0 Å². The van der Waals surface area contributed by atoms with E-state index in [9.17, 15) is 53.4 Å². The zero-order chi connectivity index (χ0) is 35.2. The molecule has 3 aromatic rings. The summed E-state index contributed by atoms with van der Waals surface area (Å²) >= 11 is 0. The van der Waals surface area contributed by atoms with E-state index >= 15 is 0 Å². The minimum absolute atomic E-state index is 0. The number of aliphatic hydroxyl groups excluding tert-OH is 3. The molecule has 5 rings (SSSR count). The molecule has 5 heterocycles. The van der Waals surface area contributed by atoms with Gasteiger partial charge in [0, 0.05) is 35.6 Å². The number of nitrogens with two attached hydrogens (primary N) is 2. The smallest absolute Gasteiger partial charge is 0.387 e. The zero-order valence-electron chi connectivity index (χ0n) is 24.9. The maximum absolute atomic E-state index is 12.6. The number of ether oxygens (including phenoxy) is 2. The monoisotopic (exact) mass is 767 g/mol. The number of carbonyl (C=O) groups is 1. The molecule has 0 bridgehead atoms. The van der Waals surface area contributed by atoms with Crippen LogP contribution in [-0.4, -0.2) is 140 Å². The molecule has 0 aromatic carbocycles. The SMILES string of the molecule is NC(=O)c1ccc[n+]([C@@H]2O[C@H](COP(=O)(O)OP(=O)(O)OC[C@H]3O[C@@H](n4cnc5c(N)ncnc54)[C@H](OP(=O)(O)O)[C@@H]3O)[C@@H](O)[C@H]2O)c1.[Na]. The number of hydrogen-bond donors (Lipinski definition) is 9. The van der Waals surface area contributed by atoms with E-state index in [0.717, 1.165) is 17.2 Å². The van der Waals surface area contributed by atoms with Crippen molar-refractivity contribution in [1.82, 2.24) is 19.5 Å². The summed E-state index contributed by atoms with van der Waals surface area (Å²) in [4.78, 5) is 62.2. The topological polar surface area (TPSA) is 365 Å². The fraction of sp³-hybridized carbons (Fsp3) is 0.476. The Kier molecular flexibility index (Phi) is 12.5. The van der Waals surface area contributed by atoms with Crippen LogP contribution in [0.15, 0.2) is 37.2 Å². The number of nitrogens with zero attached hydrogens (tertiary/aromatic N) is 5. The van der Waals surface area contributed by atoms with Crippen LogP contribution in [0.4, 0.5) is 5.82 Å². The molecule has 2 saturated heterocycles. The Morgan fingerprint density at radius 3 is 2.20 bits per heavy atom. The van der Waals surface area contributed by atoms with Crippen molar-refractivity contribution in [2.75, 3.05) is 18.9 Å². The third kappa shape index (κ3) is 9.33. The van der Waals surface area contributed by atoms with Crippen LogP contribution in [0, 0.1) is 0 Å². The minimum Gasteiger partial charge on any atom is -0.387 e. The molecule has 0 spiro atoms. The summed E-state index contributed by atoms with van der Waals surface area (Å²) < 4.78 is 68.4. The van der Waals surface area contributed by atoms with Crippen LogP contribution >= 0.6 is 23.5 Å². The zero-order valence-corrected chi connectivity index (χ0v) is 29.6. The Morgan fingerprint density at radius 2 is 1.59 bits per heavy atom. The predicted molar refractivity (Wildman–Crippen MR) is 156 cm³/mol. The quantitative estimate of drug-likeness (QED) is 0.0468. The second kappa shape index (κ2) is 15.4. The van der Waals surface area contributed by atoms with E-state index in [1.165, 1.54) is 29.1 Å². The number of imidazole rings is 1. The summed E-state index contributed by atoms with van der Waals surface area (Å²) in [5.74, 6) is -0.848. The van der Waals surface area contributed by atoms with Gasteiger partial charge in [0.15, 0.2) is 36.2 Å². The van der Waals surface area contributed by atoms with Crippen molar-refractivity contribution in [3.63, 3.8) is 0 Å². The van der Waals surface area contributed by atoms with Gasteiger partial charge in [0.25, 0.3) is 12.1 Å². The third-order valence-electron chi connectivity index (χ3n) is 6.98. The summed E-state index contributed by atoms with van der Waals surface area (Å²) in [6, 6.07) is 2.79. The molecule has 3 aromatic heterocycles. The number of fused-ring (bicyclic) bond motifs is 1. The van der Waals surface area contributed by atoms with Gasteiger partial charge in [-0.25, -0.2) is 28.6 Å². The molecule has 2 aliphatic heterocycles. The molecule has 2 unspecified atom stereocenters. The molecular weight excluding hydrogens is 738 g/mol. The Morgan fingerprint density at radius 1 is 0.959 bits per heavy atom. The van der Waals surface area contributed by atoms with Gasteiger partial charge in [-0.3, -0.25) is 22.9 Å². The number of pyridine rings is 1. The van der Waals surface area contributed by atoms with E-state index in [0.29, 0.717) is 0 Å². The molecule has 1 radical (unpaired) electrons. The van der Waals surface area contributed by atoms with Gasteiger partial charge in [-0.15, -0.1) is 0 Å². The van der Waals surface area contributed by atoms with Gasteiger partial charge in [0.05, 0.1) is 19.5 Å². The predicted octanol–water partition coefficient (Wildman–Crippen LogP) is -3.28. The maximum Gasteiger partial charge on any atom is 0.481 e. The Labute approximate surface area is 296 Å². The standard InChI is InChI=1S/C21H28N7O17P3.Na/c22-17-12-19(25-7-24-17)28(8-26-12)21-16(44-46(33,34)35)14(30)11(43-21)6-41-48(38,39)45-47(36,37)40-5-10-13(29)15(31)20(42-10)27-3-1-2-9(4-27)18(23)32;/h1-4,7-8,10-11,13-16,20-21,29-31H,5-6H2,(H7-,22,23,24,25,32,33,34,35,36,37,38,39);/p+1/t10-,11-,13-,14-,15-,16-,20-,21-;/m1./s1. The van der Waals surface area contributed by atoms with Crippen LogP contribution in [0.5, 0.6) is 0 Å². The van der Waals surface area contributed by atoms with E-state index in [1.54, 1.807) is 0 Å². The van der Waals surface area contributed by atoms with Gasteiger partial charge < -0.3 is 55.8 Å². The van der Waals surface area contributed by atoms with Crippen LogP contribution in [-0.2, 0) is 41.1 Å². The Hall–Kier alpha value is -1.86. The Bertz CT molecular complexity index is 1820. The number of hydrogen-bond acceptors (Lipinski definition) is 17. The summed E-state index contributed by atoms with van der Waals surface area (Å²) in [6.45, 7) is -2.03. The molecule has 2 fully saturated rings. The molecule has 2 aliphatic rings. The largest absolute Gasteiger partial charge is 0.481 e. The van der Waals surface area contributed by atoms with Crippen molar-refractivity contribution in [2.24, 2.45) is 5.73 Å². The van der Waals surface area contributed by atoms with Crippen LogP contribution < -0.4 is 16.0 Å². The number of rotatable bonds is 13. The molecule has 0 aliphatic carbocycles. The summed E-state index contributed by atoms with van der Waals surface area (Å²) in [6.07, 6.45) is -8.39. The van der Waals surface area contributed by atoms with E-state index < -0.39 is 91.7 Å². The van der Waals surface area contributed by atoms with E-state index in [1.807, 2.05) is 0 Å².